The molecule has 5 N–H and O–H groups in total. The predicted octanol–water partition coefficient (Wildman–Crippen LogP) is 0.995. The molecule has 0 saturated carbocycles. The Morgan fingerprint density at radius 3 is 2.60 bits per heavy atom. The zero-order valence-corrected chi connectivity index (χ0v) is 10.9. The summed E-state index contributed by atoms with van der Waals surface area (Å²) in [7, 11) is 0. The first-order valence-corrected chi connectivity index (χ1v) is 5.99. The van der Waals surface area contributed by atoms with E-state index in [4.69, 9.17) is 10.9 Å². The van der Waals surface area contributed by atoms with Gasteiger partial charge in [-0.15, -0.1) is 0 Å². The molecular formula is C13H15N5O2. The van der Waals surface area contributed by atoms with Crippen LogP contribution in [0.15, 0.2) is 41.8 Å². The third-order valence-electron chi connectivity index (χ3n) is 2.92. The number of aromatic nitrogens is 2. The van der Waals surface area contributed by atoms with E-state index < -0.39 is 0 Å². The van der Waals surface area contributed by atoms with Crippen LogP contribution < -0.4 is 11.1 Å². The molecule has 7 heteroatoms. The number of nitrogens with zero attached hydrogens (tertiary/aromatic N) is 2. The van der Waals surface area contributed by atoms with Crippen molar-refractivity contribution in [1.82, 2.24) is 15.5 Å². The second kappa shape index (κ2) is 5.87. The lowest BCUT2D eigenvalue weighted by atomic mass is 10.1. The number of amides is 1. The van der Waals surface area contributed by atoms with Crippen LogP contribution in [-0.2, 0) is 0 Å². The number of rotatable bonds is 4. The Hall–Kier alpha value is -2.83. The van der Waals surface area contributed by atoms with Crippen molar-refractivity contribution < 1.29 is 10.0 Å². The van der Waals surface area contributed by atoms with Crippen LogP contribution in [0, 0.1) is 0 Å². The third kappa shape index (κ3) is 2.94. The van der Waals surface area contributed by atoms with Gasteiger partial charge >= 0.3 is 0 Å². The molecule has 0 aliphatic rings. The molecule has 2 aromatic rings. The molecule has 1 amide bonds. The molecule has 0 fully saturated rings. The fourth-order valence-electron chi connectivity index (χ4n) is 1.71. The van der Waals surface area contributed by atoms with Crippen molar-refractivity contribution in [2.75, 3.05) is 0 Å². The van der Waals surface area contributed by atoms with E-state index in [0.717, 1.165) is 5.56 Å². The van der Waals surface area contributed by atoms with Gasteiger partial charge in [-0.2, -0.15) is 5.10 Å². The normalized spacial score (nSPS) is 12.9. The van der Waals surface area contributed by atoms with Crippen molar-refractivity contribution in [2.24, 2.45) is 10.9 Å². The number of H-pyrrole nitrogens is 1. The first-order valence-electron chi connectivity index (χ1n) is 5.99. The van der Waals surface area contributed by atoms with Gasteiger partial charge in [-0.25, -0.2) is 0 Å². The van der Waals surface area contributed by atoms with E-state index in [0.29, 0.717) is 11.1 Å². The summed E-state index contributed by atoms with van der Waals surface area (Å²) in [4.78, 5) is 12.0. The summed E-state index contributed by atoms with van der Waals surface area (Å²) >= 11 is 0. The molecule has 0 bridgehead atoms. The summed E-state index contributed by atoms with van der Waals surface area (Å²) in [6.45, 7) is 1.87. The summed E-state index contributed by atoms with van der Waals surface area (Å²) in [5.74, 6) is -0.200. The van der Waals surface area contributed by atoms with Gasteiger partial charge in [0.25, 0.3) is 5.91 Å². The van der Waals surface area contributed by atoms with Crippen molar-refractivity contribution in [3.8, 4) is 0 Å². The molecule has 0 aliphatic carbocycles. The number of hydrogen-bond acceptors (Lipinski definition) is 4. The minimum atomic E-state index is -0.204. The van der Waals surface area contributed by atoms with Crippen molar-refractivity contribution in [3.63, 3.8) is 0 Å². The van der Waals surface area contributed by atoms with Gasteiger partial charge in [0.2, 0.25) is 0 Å². The third-order valence-corrected chi connectivity index (χ3v) is 2.92. The molecule has 1 unspecified atom stereocenters. The first kappa shape index (κ1) is 13.6. The highest BCUT2D eigenvalue weighted by atomic mass is 16.4. The number of carbonyl (C=O) groups is 1. The lowest BCUT2D eigenvalue weighted by Crippen LogP contribution is -2.26. The molecule has 2 rings (SSSR count). The van der Waals surface area contributed by atoms with Gasteiger partial charge in [-0.1, -0.05) is 17.3 Å². The van der Waals surface area contributed by atoms with Gasteiger partial charge in [-0.3, -0.25) is 9.89 Å². The van der Waals surface area contributed by atoms with E-state index in [1.54, 1.807) is 36.7 Å². The maximum Gasteiger partial charge on any atom is 0.251 e. The lowest BCUT2D eigenvalue weighted by Gasteiger charge is -2.12. The number of aromatic amines is 1. The molecule has 20 heavy (non-hydrogen) atoms. The molecule has 1 atom stereocenters. The van der Waals surface area contributed by atoms with Crippen LogP contribution in [0.5, 0.6) is 0 Å². The van der Waals surface area contributed by atoms with Crippen LogP contribution in [0.4, 0.5) is 0 Å². The number of oxime groups is 1. The molecule has 1 aromatic heterocycles. The maximum absolute atomic E-state index is 12.0. The highest BCUT2D eigenvalue weighted by molar-refractivity contribution is 5.99. The van der Waals surface area contributed by atoms with Crippen LogP contribution in [0.2, 0.25) is 0 Å². The monoisotopic (exact) mass is 273 g/mol. The molecular weight excluding hydrogens is 258 g/mol. The standard InChI is InChI=1S/C13H15N5O2/c1-8(11-6-15-16-7-11)17-13(19)10-4-2-9(3-5-10)12(14)18-20/h2-8,20H,1H3,(H2,14,18)(H,15,16)(H,17,19). The van der Waals surface area contributed by atoms with E-state index in [2.05, 4.69) is 20.7 Å². The zero-order chi connectivity index (χ0) is 14.5. The Bertz CT molecular complexity index is 604. The minimum Gasteiger partial charge on any atom is -0.409 e. The summed E-state index contributed by atoms with van der Waals surface area (Å²) in [5.41, 5.74) is 7.39. The summed E-state index contributed by atoms with van der Waals surface area (Å²) < 4.78 is 0. The largest absolute Gasteiger partial charge is 0.409 e. The number of benzene rings is 1. The smallest absolute Gasteiger partial charge is 0.251 e. The molecule has 7 nitrogen and oxygen atoms in total. The molecule has 1 heterocycles. The van der Waals surface area contributed by atoms with Crippen LogP contribution in [-0.4, -0.2) is 27.1 Å². The van der Waals surface area contributed by atoms with Crippen LogP contribution in [0.1, 0.15) is 34.5 Å². The Labute approximate surface area is 115 Å². The molecule has 0 radical (unpaired) electrons. The van der Waals surface area contributed by atoms with E-state index in [9.17, 15) is 4.79 Å². The SMILES string of the molecule is CC(NC(=O)c1ccc(/C(N)=N/O)cc1)c1cn[nH]c1. The molecule has 1 aromatic carbocycles. The van der Waals surface area contributed by atoms with Gasteiger partial charge in [0.05, 0.1) is 12.2 Å². The molecule has 0 aliphatic heterocycles. The first-order chi connectivity index (χ1) is 9.61. The van der Waals surface area contributed by atoms with E-state index >= 15 is 0 Å². The van der Waals surface area contributed by atoms with Crippen molar-refractivity contribution in [2.45, 2.75) is 13.0 Å². The highest BCUT2D eigenvalue weighted by Crippen LogP contribution is 2.11. The Balaban J connectivity index is 2.06. The maximum atomic E-state index is 12.0. The summed E-state index contributed by atoms with van der Waals surface area (Å²) in [5, 5.41) is 20.9. The highest BCUT2D eigenvalue weighted by Gasteiger charge is 2.12. The topological polar surface area (TPSA) is 116 Å². The van der Waals surface area contributed by atoms with Crippen molar-refractivity contribution in [3.05, 3.63) is 53.3 Å². The molecule has 104 valence electrons. The number of amidine groups is 1. The average molecular weight is 273 g/mol. The van der Waals surface area contributed by atoms with Gasteiger partial charge in [0.15, 0.2) is 5.84 Å². The summed E-state index contributed by atoms with van der Waals surface area (Å²) in [6, 6.07) is 6.32. The second-order valence-electron chi connectivity index (χ2n) is 4.29. The number of nitrogens with two attached hydrogens (primary N) is 1. The Morgan fingerprint density at radius 2 is 2.05 bits per heavy atom. The quantitative estimate of drug-likeness (QED) is 0.288. The molecule has 0 saturated heterocycles. The van der Waals surface area contributed by atoms with Gasteiger partial charge in [0, 0.05) is 22.9 Å². The van der Waals surface area contributed by atoms with E-state index in [-0.39, 0.29) is 17.8 Å². The fraction of sp³-hybridized carbons (Fsp3) is 0.154. The van der Waals surface area contributed by atoms with Gasteiger partial charge in [-0.05, 0) is 19.1 Å². The summed E-state index contributed by atoms with van der Waals surface area (Å²) in [6.07, 6.45) is 3.39. The van der Waals surface area contributed by atoms with Crippen LogP contribution in [0.3, 0.4) is 0 Å². The number of nitrogens with one attached hydrogen (secondary N) is 2. The van der Waals surface area contributed by atoms with Gasteiger partial charge < -0.3 is 16.3 Å². The second-order valence-corrected chi connectivity index (χ2v) is 4.29. The number of hydrogen-bond donors (Lipinski definition) is 4. The zero-order valence-electron chi connectivity index (χ0n) is 10.9. The Morgan fingerprint density at radius 1 is 1.40 bits per heavy atom. The van der Waals surface area contributed by atoms with Crippen LogP contribution >= 0.6 is 0 Å². The van der Waals surface area contributed by atoms with Crippen molar-refractivity contribution in [1.29, 1.82) is 0 Å². The van der Waals surface area contributed by atoms with Crippen LogP contribution in [0.25, 0.3) is 0 Å². The average Bonchev–Trinajstić information content (AvgIpc) is 3.01. The minimum absolute atomic E-state index is 0.00345. The Kier molecular flexibility index (Phi) is 3.99. The molecule has 0 spiro atoms. The van der Waals surface area contributed by atoms with E-state index in [1.807, 2.05) is 6.92 Å². The fourth-order valence-corrected chi connectivity index (χ4v) is 1.71. The predicted molar refractivity (Wildman–Crippen MR) is 73.4 cm³/mol. The van der Waals surface area contributed by atoms with Gasteiger partial charge in [0.1, 0.15) is 0 Å². The number of carbonyl (C=O) groups excluding carboxylic acids is 1. The van der Waals surface area contributed by atoms with Crippen molar-refractivity contribution >= 4 is 11.7 Å². The van der Waals surface area contributed by atoms with E-state index in [1.165, 1.54) is 0 Å². The lowest BCUT2D eigenvalue weighted by molar-refractivity contribution is 0.0940.